The molecule has 1 saturated heterocycles. The topological polar surface area (TPSA) is 32.3 Å². The maximum Gasteiger partial charge on any atom is 0.225 e. The highest BCUT2D eigenvalue weighted by Crippen LogP contribution is 2.34. The van der Waals surface area contributed by atoms with Crippen molar-refractivity contribution < 1.29 is 4.79 Å². The molecule has 30 heavy (non-hydrogen) atoms. The summed E-state index contributed by atoms with van der Waals surface area (Å²) in [7, 11) is 0. The molecule has 0 bridgehead atoms. The van der Waals surface area contributed by atoms with Crippen LogP contribution >= 0.6 is 0 Å². The number of amides is 1. The first-order valence-corrected chi connectivity index (χ1v) is 11.1. The lowest BCUT2D eigenvalue weighted by molar-refractivity contribution is -0.133. The van der Waals surface area contributed by atoms with E-state index in [-0.39, 0.29) is 17.9 Å². The van der Waals surface area contributed by atoms with Gasteiger partial charge in [-0.25, -0.2) is 0 Å². The van der Waals surface area contributed by atoms with Gasteiger partial charge in [-0.1, -0.05) is 86.6 Å². The van der Waals surface area contributed by atoms with Crippen molar-refractivity contribution in [2.24, 2.45) is 11.8 Å². The Labute approximate surface area is 180 Å². The lowest BCUT2D eigenvalue weighted by Crippen LogP contribution is -2.34. The van der Waals surface area contributed by atoms with Crippen LogP contribution in [0.4, 0.5) is 0 Å². The molecular formula is C27H32N2O. The first kappa shape index (κ1) is 20.6. The Morgan fingerprint density at radius 1 is 0.933 bits per heavy atom. The first-order chi connectivity index (χ1) is 14.5. The van der Waals surface area contributed by atoms with Crippen molar-refractivity contribution in [3.63, 3.8) is 0 Å². The van der Waals surface area contributed by atoms with Crippen molar-refractivity contribution in [3.8, 4) is 0 Å². The Morgan fingerprint density at radius 3 is 2.40 bits per heavy atom. The molecule has 3 aromatic rings. The third-order valence-corrected chi connectivity index (χ3v) is 6.45. The number of nitrogens with one attached hydrogen (secondary N) is 1. The summed E-state index contributed by atoms with van der Waals surface area (Å²) >= 11 is 0. The summed E-state index contributed by atoms with van der Waals surface area (Å²) in [6.45, 7) is 8.76. The van der Waals surface area contributed by atoms with Gasteiger partial charge in [0.05, 0.1) is 0 Å². The van der Waals surface area contributed by atoms with Crippen LogP contribution in [0.3, 0.4) is 0 Å². The maximum absolute atomic E-state index is 12.7. The molecule has 1 aliphatic rings. The van der Waals surface area contributed by atoms with Gasteiger partial charge < -0.3 is 10.2 Å². The zero-order chi connectivity index (χ0) is 21.1. The second kappa shape index (κ2) is 9.01. The standard InChI is InChI=1S/C27H32N2O/c1-19(2)27(30)29-17-23(26(18-29)22-10-5-4-6-11-22)16-28-20(3)24-15-9-13-21-12-7-8-14-25(21)24/h4-15,19-20,23,26,28H,16-18H2,1-3H3/t20-,23?,26?/m1/s1. The van der Waals surface area contributed by atoms with Gasteiger partial charge in [0.25, 0.3) is 0 Å². The minimum absolute atomic E-state index is 0.0442. The SMILES string of the molecule is CC(C)C(=O)N1CC(CN[C@H](C)c2cccc3ccccc23)C(c2ccccc2)C1. The average Bonchev–Trinajstić information content (AvgIpc) is 3.21. The van der Waals surface area contributed by atoms with Gasteiger partial charge in [0, 0.05) is 37.5 Å². The molecule has 1 heterocycles. The number of rotatable bonds is 6. The quantitative estimate of drug-likeness (QED) is 0.602. The average molecular weight is 401 g/mol. The van der Waals surface area contributed by atoms with Crippen LogP contribution in [0.2, 0.25) is 0 Å². The van der Waals surface area contributed by atoms with Crippen LogP contribution in [0.1, 0.15) is 43.9 Å². The molecule has 156 valence electrons. The van der Waals surface area contributed by atoms with Crippen LogP contribution in [0.25, 0.3) is 10.8 Å². The Hall–Kier alpha value is -2.65. The fourth-order valence-corrected chi connectivity index (χ4v) is 4.77. The van der Waals surface area contributed by atoms with Gasteiger partial charge in [-0.2, -0.15) is 0 Å². The van der Waals surface area contributed by atoms with Gasteiger partial charge in [-0.3, -0.25) is 4.79 Å². The number of hydrogen-bond acceptors (Lipinski definition) is 2. The van der Waals surface area contributed by atoms with E-state index in [9.17, 15) is 4.79 Å². The van der Waals surface area contributed by atoms with Crippen molar-refractivity contribution in [2.45, 2.75) is 32.7 Å². The summed E-state index contributed by atoms with van der Waals surface area (Å²) in [6.07, 6.45) is 0. The minimum Gasteiger partial charge on any atom is -0.342 e. The highest BCUT2D eigenvalue weighted by Gasteiger charge is 2.36. The van der Waals surface area contributed by atoms with Crippen molar-refractivity contribution in [1.29, 1.82) is 0 Å². The third kappa shape index (κ3) is 4.27. The van der Waals surface area contributed by atoms with Gasteiger partial charge in [0.1, 0.15) is 0 Å². The predicted molar refractivity (Wildman–Crippen MR) is 124 cm³/mol. The number of carbonyl (C=O) groups excluding carboxylic acids is 1. The molecule has 1 fully saturated rings. The van der Waals surface area contributed by atoms with E-state index in [2.05, 4.69) is 89.9 Å². The summed E-state index contributed by atoms with van der Waals surface area (Å²) in [5, 5.41) is 6.37. The van der Waals surface area contributed by atoms with Crippen LogP contribution in [0, 0.1) is 11.8 Å². The molecule has 1 amide bonds. The van der Waals surface area contributed by atoms with E-state index in [0.29, 0.717) is 11.8 Å². The van der Waals surface area contributed by atoms with E-state index in [1.54, 1.807) is 0 Å². The molecule has 3 heteroatoms. The Balaban J connectivity index is 1.51. The van der Waals surface area contributed by atoms with Crippen LogP contribution in [0.15, 0.2) is 72.8 Å². The molecule has 0 radical (unpaired) electrons. The molecule has 3 aromatic carbocycles. The summed E-state index contributed by atoms with van der Waals surface area (Å²) in [5.74, 6) is 1.09. The first-order valence-electron chi connectivity index (χ1n) is 11.1. The number of nitrogens with zero attached hydrogens (tertiary/aromatic N) is 1. The predicted octanol–water partition coefficient (Wildman–Crippen LogP) is 5.39. The number of hydrogen-bond donors (Lipinski definition) is 1. The second-order valence-corrected chi connectivity index (χ2v) is 8.87. The Kier molecular flexibility index (Phi) is 6.19. The van der Waals surface area contributed by atoms with Gasteiger partial charge in [-0.15, -0.1) is 0 Å². The van der Waals surface area contributed by atoms with Crippen molar-refractivity contribution in [1.82, 2.24) is 10.2 Å². The van der Waals surface area contributed by atoms with Gasteiger partial charge >= 0.3 is 0 Å². The summed E-state index contributed by atoms with van der Waals surface area (Å²) in [5.41, 5.74) is 2.67. The minimum atomic E-state index is 0.0442. The van der Waals surface area contributed by atoms with Crippen molar-refractivity contribution in [2.75, 3.05) is 19.6 Å². The fraction of sp³-hybridized carbons (Fsp3) is 0.370. The summed E-state index contributed by atoms with van der Waals surface area (Å²) in [6, 6.07) is 26.0. The Morgan fingerprint density at radius 2 is 1.63 bits per heavy atom. The third-order valence-electron chi connectivity index (χ3n) is 6.45. The molecule has 2 unspecified atom stereocenters. The van der Waals surface area contributed by atoms with Crippen LogP contribution < -0.4 is 5.32 Å². The van der Waals surface area contributed by atoms with Gasteiger partial charge in [0.15, 0.2) is 0 Å². The van der Waals surface area contributed by atoms with Gasteiger partial charge in [-0.05, 0) is 34.7 Å². The molecule has 0 spiro atoms. The van der Waals surface area contributed by atoms with E-state index in [0.717, 1.165) is 19.6 Å². The van der Waals surface area contributed by atoms with E-state index in [1.807, 2.05) is 13.8 Å². The zero-order valence-electron chi connectivity index (χ0n) is 18.2. The summed E-state index contributed by atoms with van der Waals surface area (Å²) in [4.78, 5) is 14.7. The lowest BCUT2D eigenvalue weighted by atomic mass is 9.88. The number of fused-ring (bicyclic) bond motifs is 1. The van der Waals surface area contributed by atoms with E-state index in [4.69, 9.17) is 0 Å². The normalized spacial score (nSPS) is 20.1. The molecule has 0 aromatic heterocycles. The smallest absolute Gasteiger partial charge is 0.225 e. The highest BCUT2D eigenvalue weighted by atomic mass is 16.2. The molecule has 0 saturated carbocycles. The molecule has 3 atom stereocenters. The van der Waals surface area contributed by atoms with E-state index >= 15 is 0 Å². The highest BCUT2D eigenvalue weighted by molar-refractivity contribution is 5.86. The number of benzene rings is 3. The molecule has 1 N–H and O–H groups in total. The number of likely N-dealkylation sites (tertiary alicyclic amines) is 1. The monoisotopic (exact) mass is 400 g/mol. The van der Waals surface area contributed by atoms with E-state index < -0.39 is 0 Å². The van der Waals surface area contributed by atoms with E-state index in [1.165, 1.54) is 21.9 Å². The van der Waals surface area contributed by atoms with Crippen LogP contribution in [-0.2, 0) is 4.79 Å². The molecule has 0 aliphatic carbocycles. The summed E-state index contributed by atoms with van der Waals surface area (Å²) < 4.78 is 0. The second-order valence-electron chi connectivity index (χ2n) is 8.87. The molecule has 3 nitrogen and oxygen atoms in total. The zero-order valence-corrected chi connectivity index (χ0v) is 18.2. The fourth-order valence-electron chi connectivity index (χ4n) is 4.77. The van der Waals surface area contributed by atoms with Crippen molar-refractivity contribution >= 4 is 16.7 Å². The van der Waals surface area contributed by atoms with Gasteiger partial charge in [0.2, 0.25) is 5.91 Å². The van der Waals surface area contributed by atoms with Crippen LogP contribution in [-0.4, -0.2) is 30.4 Å². The number of carbonyl (C=O) groups is 1. The molecular weight excluding hydrogens is 368 g/mol. The largest absolute Gasteiger partial charge is 0.342 e. The van der Waals surface area contributed by atoms with Crippen molar-refractivity contribution in [3.05, 3.63) is 83.9 Å². The molecule has 1 aliphatic heterocycles. The maximum atomic E-state index is 12.7. The molecule has 4 rings (SSSR count). The lowest BCUT2D eigenvalue weighted by Gasteiger charge is -2.23. The van der Waals surface area contributed by atoms with Crippen LogP contribution in [0.5, 0.6) is 0 Å². The Bertz CT molecular complexity index is 993.